The number of nitrogens with two attached hydrogens (primary N) is 1. The van der Waals surface area contributed by atoms with Gasteiger partial charge in [0.2, 0.25) is 5.91 Å². The number of ketones is 1. The van der Waals surface area contributed by atoms with Gasteiger partial charge in [-0.1, -0.05) is 44.2 Å². The highest BCUT2D eigenvalue weighted by Gasteiger charge is 2.50. The molecule has 0 spiro atoms. The Hall–Kier alpha value is -3.01. The Morgan fingerprint density at radius 2 is 1.57 bits per heavy atom. The summed E-state index contributed by atoms with van der Waals surface area (Å²) < 4.78 is 26.2. The summed E-state index contributed by atoms with van der Waals surface area (Å²) in [6.45, 7) is 12.0. The maximum absolute atomic E-state index is 15.6. The van der Waals surface area contributed by atoms with E-state index in [1.54, 1.807) is 58.9 Å². The first-order chi connectivity index (χ1) is 16.9. The third kappa shape index (κ3) is 9.76. The van der Waals surface area contributed by atoms with Crippen molar-refractivity contribution >= 4 is 23.8 Å². The van der Waals surface area contributed by atoms with Crippen LogP contribution in [-0.2, 0) is 30.5 Å². The van der Waals surface area contributed by atoms with E-state index in [1.807, 2.05) is 6.07 Å². The van der Waals surface area contributed by atoms with Crippen LogP contribution in [0, 0.1) is 11.8 Å². The zero-order chi connectivity index (χ0) is 28.7. The molecule has 0 saturated carbocycles. The van der Waals surface area contributed by atoms with Crippen molar-refractivity contribution in [1.29, 1.82) is 0 Å². The number of amides is 2. The predicted octanol–water partition coefficient (Wildman–Crippen LogP) is 3.39. The fourth-order valence-corrected chi connectivity index (χ4v) is 3.61. The first kappa shape index (κ1) is 32.0. The standard InChI is InChI=1S/C27H42FN3O6/c1-16(2)20(29)22(32)19(27(7,8)28)21(31(9)25(35)37-26(4,5)6)23(33)30-17(3)24(34)36-15-18-13-11-10-12-14-18/h10-14,16-17,19-21H,15,29H2,1-9H3,(H,30,33)/t17-,19?,20-,21-/m0/s1. The minimum absolute atomic E-state index is 0.0109. The van der Waals surface area contributed by atoms with E-state index in [0.29, 0.717) is 0 Å². The van der Waals surface area contributed by atoms with Crippen molar-refractivity contribution < 1.29 is 33.0 Å². The van der Waals surface area contributed by atoms with Crippen LogP contribution in [0.2, 0.25) is 0 Å². The Morgan fingerprint density at radius 3 is 2.03 bits per heavy atom. The van der Waals surface area contributed by atoms with Crippen LogP contribution in [0.3, 0.4) is 0 Å². The van der Waals surface area contributed by atoms with Crippen molar-refractivity contribution in [2.75, 3.05) is 7.05 Å². The van der Waals surface area contributed by atoms with Gasteiger partial charge in [0.25, 0.3) is 0 Å². The molecular formula is C27H42FN3O6. The molecule has 9 nitrogen and oxygen atoms in total. The number of carbonyl (C=O) groups is 4. The Morgan fingerprint density at radius 1 is 1.03 bits per heavy atom. The normalized spacial score (nSPS) is 15.2. The first-order valence-corrected chi connectivity index (χ1v) is 12.3. The molecule has 0 radical (unpaired) electrons. The highest BCUT2D eigenvalue weighted by molar-refractivity contribution is 5.97. The Bertz CT molecular complexity index is 940. The third-order valence-electron chi connectivity index (χ3n) is 5.71. The summed E-state index contributed by atoms with van der Waals surface area (Å²) in [6, 6.07) is 5.08. The third-order valence-corrected chi connectivity index (χ3v) is 5.71. The van der Waals surface area contributed by atoms with E-state index < -0.39 is 59.1 Å². The summed E-state index contributed by atoms with van der Waals surface area (Å²) in [5.74, 6) is -4.37. The Balaban J connectivity index is 3.29. The van der Waals surface area contributed by atoms with Gasteiger partial charge in [-0.25, -0.2) is 14.0 Å². The summed E-state index contributed by atoms with van der Waals surface area (Å²) in [5, 5.41) is 2.47. The number of ether oxygens (including phenoxy) is 2. The molecule has 208 valence electrons. The quantitative estimate of drug-likeness (QED) is 0.426. The fourth-order valence-electron chi connectivity index (χ4n) is 3.61. The summed E-state index contributed by atoms with van der Waals surface area (Å²) in [4.78, 5) is 53.2. The lowest BCUT2D eigenvalue weighted by atomic mass is 9.77. The second-order valence-corrected chi connectivity index (χ2v) is 11.1. The van der Waals surface area contributed by atoms with Gasteiger partial charge in [0.15, 0.2) is 5.78 Å². The number of nitrogens with zero attached hydrogens (tertiary/aromatic N) is 1. The average molecular weight is 524 g/mol. The Kier molecular flexibility index (Phi) is 11.2. The maximum atomic E-state index is 15.6. The van der Waals surface area contributed by atoms with Crippen LogP contribution >= 0.6 is 0 Å². The van der Waals surface area contributed by atoms with Gasteiger partial charge >= 0.3 is 12.1 Å². The molecule has 0 aliphatic heterocycles. The summed E-state index contributed by atoms with van der Waals surface area (Å²) >= 11 is 0. The predicted molar refractivity (Wildman–Crippen MR) is 138 cm³/mol. The minimum atomic E-state index is -2.25. The van der Waals surface area contributed by atoms with Crippen LogP contribution in [0.25, 0.3) is 0 Å². The fraction of sp³-hybridized carbons (Fsp3) is 0.630. The van der Waals surface area contributed by atoms with Gasteiger partial charge in [-0.2, -0.15) is 0 Å². The van der Waals surface area contributed by atoms with Crippen molar-refractivity contribution in [3.8, 4) is 0 Å². The van der Waals surface area contributed by atoms with E-state index in [9.17, 15) is 19.2 Å². The number of alkyl halides is 1. The van der Waals surface area contributed by atoms with Crippen LogP contribution < -0.4 is 11.1 Å². The molecule has 1 rings (SSSR count). The minimum Gasteiger partial charge on any atom is -0.459 e. The molecule has 0 fully saturated rings. The highest BCUT2D eigenvalue weighted by Crippen LogP contribution is 2.31. The number of hydrogen-bond acceptors (Lipinski definition) is 7. The first-order valence-electron chi connectivity index (χ1n) is 12.3. The lowest BCUT2D eigenvalue weighted by molar-refractivity contribution is -0.150. The molecule has 37 heavy (non-hydrogen) atoms. The van der Waals surface area contributed by atoms with Crippen molar-refractivity contribution in [2.45, 2.75) is 91.4 Å². The van der Waals surface area contributed by atoms with E-state index in [2.05, 4.69) is 5.32 Å². The van der Waals surface area contributed by atoms with E-state index in [0.717, 1.165) is 24.3 Å². The zero-order valence-electron chi connectivity index (χ0n) is 23.3. The van der Waals surface area contributed by atoms with Gasteiger partial charge in [0.05, 0.1) is 12.0 Å². The number of likely N-dealkylation sites (N-methyl/N-ethyl adjacent to an activating group) is 1. The summed E-state index contributed by atoms with van der Waals surface area (Å²) in [6.07, 6.45) is -0.938. The number of Topliss-reactive ketones (excluding diaryl/α,β-unsaturated/α-hetero) is 1. The molecule has 0 aliphatic carbocycles. The van der Waals surface area contributed by atoms with E-state index >= 15 is 4.39 Å². The van der Waals surface area contributed by atoms with Gasteiger partial charge in [-0.15, -0.1) is 0 Å². The van der Waals surface area contributed by atoms with Gasteiger partial charge < -0.3 is 20.5 Å². The van der Waals surface area contributed by atoms with Crippen LogP contribution in [0.5, 0.6) is 0 Å². The molecule has 0 heterocycles. The van der Waals surface area contributed by atoms with Gasteiger partial charge in [-0.05, 0) is 53.0 Å². The second kappa shape index (κ2) is 13.0. The van der Waals surface area contributed by atoms with Gasteiger partial charge in [0, 0.05) is 7.05 Å². The maximum Gasteiger partial charge on any atom is 0.410 e. The lowest BCUT2D eigenvalue weighted by Crippen LogP contribution is -2.62. The summed E-state index contributed by atoms with van der Waals surface area (Å²) in [5.41, 5.74) is 3.65. The van der Waals surface area contributed by atoms with Crippen molar-refractivity contribution in [3.63, 3.8) is 0 Å². The van der Waals surface area contributed by atoms with Gasteiger partial charge in [0.1, 0.15) is 30.0 Å². The smallest absolute Gasteiger partial charge is 0.410 e. The van der Waals surface area contributed by atoms with E-state index in [4.69, 9.17) is 15.2 Å². The molecule has 0 aromatic heterocycles. The topological polar surface area (TPSA) is 128 Å². The Labute approximate surface area is 219 Å². The number of esters is 1. The number of rotatable bonds is 11. The van der Waals surface area contributed by atoms with E-state index in [1.165, 1.54) is 14.0 Å². The van der Waals surface area contributed by atoms with Crippen LogP contribution in [-0.4, -0.2) is 65.1 Å². The molecule has 1 aromatic rings. The van der Waals surface area contributed by atoms with Crippen LogP contribution in [0.4, 0.5) is 9.18 Å². The number of carbonyl (C=O) groups excluding carboxylic acids is 4. The molecular weight excluding hydrogens is 481 g/mol. The second-order valence-electron chi connectivity index (χ2n) is 11.1. The number of nitrogens with one attached hydrogen (secondary N) is 1. The molecule has 2 amide bonds. The molecule has 4 atom stereocenters. The number of hydrogen-bond donors (Lipinski definition) is 2. The monoisotopic (exact) mass is 523 g/mol. The molecule has 0 aliphatic rings. The van der Waals surface area contributed by atoms with Crippen LogP contribution in [0.15, 0.2) is 30.3 Å². The average Bonchev–Trinajstić information content (AvgIpc) is 2.77. The SMILES string of the molecule is CC(C)[C@H](N)C(=O)C([C@@H](C(=O)N[C@@H](C)C(=O)OCc1ccccc1)N(C)C(=O)OC(C)(C)C)C(C)(C)F. The highest BCUT2D eigenvalue weighted by atomic mass is 19.1. The van der Waals surface area contributed by atoms with Gasteiger partial charge in [-0.3, -0.25) is 14.5 Å². The largest absolute Gasteiger partial charge is 0.459 e. The van der Waals surface area contributed by atoms with Crippen molar-refractivity contribution in [1.82, 2.24) is 10.2 Å². The van der Waals surface area contributed by atoms with Crippen LogP contribution in [0.1, 0.15) is 61.0 Å². The lowest BCUT2D eigenvalue weighted by Gasteiger charge is -2.39. The molecule has 0 bridgehead atoms. The molecule has 1 unspecified atom stereocenters. The van der Waals surface area contributed by atoms with Crippen molar-refractivity contribution in [2.24, 2.45) is 17.6 Å². The summed E-state index contributed by atoms with van der Waals surface area (Å²) in [7, 11) is 1.24. The van der Waals surface area contributed by atoms with E-state index in [-0.39, 0.29) is 12.5 Å². The number of halogens is 1. The molecule has 10 heteroatoms. The molecule has 1 aromatic carbocycles. The molecule has 0 saturated heterocycles. The molecule has 3 N–H and O–H groups in total. The number of benzene rings is 1. The zero-order valence-corrected chi connectivity index (χ0v) is 23.3. The van der Waals surface area contributed by atoms with Crippen molar-refractivity contribution in [3.05, 3.63) is 35.9 Å².